The van der Waals surface area contributed by atoms with Crippen molar-refractivity contribution >= 4 is 5.69 Å². The molecule has 1 aliphatic rings. The second kappa shape index (κ2) is 11.6. The zero-order valence-corrected chi connectivity index (χ0v) is 16.9. The van der Waals surface area contributed by atoms with Crippen molar-refractivity contribution < 1.29 is 0 Å². The third-order valence-corrected chi connectivity index (χ3v) is 5.97. The average molecular weight is 345 g/mol. The summed E-state index contributed by atoms with van der Waals surface area (Å²) >= 11 is 0. The van der Waals surface area contributed by atoms with Crippen LogP contribution in [0.1, 0.15) is 78.1 Å². The van der Waals surface area contributed by atoms with E-state index >= 15 is 0 Å². The van der Waals surface area contributed by atoms with Crippen molar-refractivity contribution in [2.75, 3.05) is 25.0 Å². The third-order valence-electron chi connectivity index (χ3n) is 5.97. The van der Waals surface area contributed by atoms with E-state index in [1.165, 1.54) is 83.0 Å². The van der Waals surface area contributed by atoms with Crippen molar-refractivity contribution in [3.8, 4) is 0 Å². The van der Waals surface area contributed by atoms with Crippen LogP contribution in [0.15, 0.2) is 30.3 Å². The van der Waals surface area contributed by atoms with Crippen molar-refractivity contribution in [1.29, 1.82) is 0 Å². The number of hydrogen-bond acceptors (Lipinski definition) is 2. The van der Waals surface area contributed by atoms with Crippen LogP contribution in [0.4, 0.5) is 5.69 Å². The lowest BCUT2D eigenvalue weighted by molar-refractivity contribution is 0.295. The topological polar surface area (TPSA) is 6.48 Å². The fourth-order valence-electron chi connectivity index (χ4n) is 4.23. The molecule has 1 aromatic rings. The maximum atomic E-state index is 2.66. The summed E-state index contributed by atoms with van der Waals surface area (Å²) < 4.78 is 0. The molecule has 0 radical (unpaired) electrons. The van der Waals surface area contributed by atoms with E-state index in [1.54, 1.807) is 0 Å². The van der Waals surface area contributed by atoms with Gasteiger partial charge < -0.3 is 9.80 Å². The van der Waals surface area contributed by atoms with Gasteiger partial charge in [0.05, 0.1) is 0 Å². The molecule has 2 nitrogen and oxygen atoms in total. The SMILES string of the molecule is CCCCCCCCC(C)N(CCC1CCCN1C)c1ccccc1. The predicted molar refractivity (Wildman–Crippen MR) is 112 cm³/mol. The van der Waals surface area contributed by atoms with Gasteiger partial charge in [-0.3, -0.25) is 0 Å². The fourth-order valence-corrected chi connectivity index (χ4v) is 4.23. The van der Waals surface area contributed by atoms with Gasteiger partial charge in [0.25, 0.3) is 0 Å². The first-order valence-corrected chi connectivity index (χ1v) is 10.7. The number of rotatable bonds is 12. The molecular weight excluding hydrogens is 304 g/mol. The fraction of sp³-hybridized carbons (Fsp3) is 0.739. The molecule has 25 heavy (non-hydrogen) atoms. The first-order chi connectivity index (χ1) is 12.2. The maximum Gasteiger partial charge on any atom is 0.0368 e. The number of likely N-dealkylation sites (tertiary alicyclic amines) is 1. The molecule has 0 amide bonds. The minimum Gasteiger partial charge on any atom is -0.369 e. The number of para-hydroxylation sites is 1. The Labute approximate surface area is 156 Å². The summed E-state index contributed by atoms with van der Waals surface area (Å²) in [6.45, 7) is 7.19. The van der Waals surface area contributed by atoms with Crippen LogP contribution in [0.5, 0.6) is 0 Å². The molecule has 0 N–H and O–H groups in total. The Morgan fingerprint density at radius 2 is 1.80 bits per heavy atom. The largest absolute Gasteiger partial charge is 0.369 e. The number of nitrogens with zero attached hydrogens (tertiary/aromatic N) is 2. The molecule has 2 atom stereocenters. The lowest BCUT2D eigenvalue weighted by atomic mass is 10.0. The quantitative estimate of drug-likeness (QED) is 0.422. The molecule has 142 valence electrons. The van der Waals surface area contributed by atoms with Crippen LogP contribution in [0.2, 0.25) is 0 Å². The highest BCUT2D eigenvalue weighted by Gasteiger charge is 2.22. The Bertz CT molecular complexity index is 445. The van der Waals surface area contributed by atoms with E-state index in [0.717, 1.165) is 6.04 Å². The van der Waals surface area contributed by atoms with E-state index in [-0.39, 0.29) is 0 Å². The molecule has 2 rings (SSSR count). The van der Waals surface area contributed by atoms with E-state index in [4.69, 9.17) is 0 Å². The number of unbranched alkanes of at least 4 members (excludes halogenated alkanes) is 5. The van der Waals surface area contributed by atoms with Crippen LogP contribution in [-0.2, 0) is 0 Å². The molecule has 1 saturated heterocycles. The summed E-state index contributed by atoms with van der Waals surface area (Å²) in [6.07, 6.45) is 13.7. The molecule has 1 heterocycles. The number of benzene rings is 1. The van der Waals surface area contributed by atoms with Gasteiger partial charge in [0.15, 0.2) is 0 Å². The average Bonchev–Trinajstić information content (AvgIpc) is 3.04. The molecule has 1 aromatic carbocycles. The molecule has 1 aliphatic heterocycles. The minimum atomic E-state index is 0.639. The lowest BCUT2D eigenvalue weighted by Crippen LogP contribution is -2.37. The molecular formula is C23H40N2. The zero-order valence-electron chi connectivity index (χ0n) is 16.9. The van der Waals surface area contributed by atoms with Crippen LogP contribution in [0, 0.1) is 0 Å². The summed E-state index contributed by atoms with van der Waals surface area (Å²) in [7, 11) is 2.30. The van der Waals surface area contributed by atoms with Crippen LogP contribution in [0.25, 0.3) is 0 Å². The first kappa shape index (κ1) is 20.3. The standard InChI is InChI=1S/C23H40N2/c1-4-5-6-7-8-10-14-21(2)25(23-15-11-9-12-16-23)20-18-22-17-13-19-24(22)3/h9,11-12,15-16,21-22H,4-8,10,13-14,17-20H2,1-3H3. The van der Waals surface area contributed by atoms with Gasteiger partial charge in [-0.15, -0.1) is 0 Å². The third kappa shape index (κ3) is 7.01. The smallest absolute Gasteiger partial charge is 0.0368 e. The Morgan fingerprint density at radius 3 is 2.48 bits per heavy atom. The van der Waals surface area contributed by atoms with Gasteiger partial charge in [0, 0.05) is 24.3 Å². The Morgan fingerprint density at radius 1 is 1.08 bits per heavy atom. The Kier molecular flexibility index (Phi) is 9.39. The van der Waals surface area contributed by atoms with Crippen LogP contribution in [-0.4, -0.2) is 37.1 Å². The van der Waals surface area contributed by atoms with Gasteiger partial charge in [0.1, 0.15) is 0 Å². The van der Waals surface area contributed by atoms with Gasteiger partial charge in [-0.05, 0) is 58.3 Å². The molecule has 0 spiro atoms. The highest BCUT2D eigenvalue weighted by Crippen LogP contribution is 2.24. The monoisotopic (exact) mass is 344 g/mol. The van der Waals surface area contributed by atoms with Crippen molar-refractivity contribution in [3.05, 3.63) is 30.3 Å². The van der Waals surface area contributed by atoms with E-state index in [9.17, 15) is 0 Å². The summed E-state index contributed by atoms with van der Waals surface area (Å²) in [4.78, 5) is 5.22. The first-order valence-electron chi connectivity index (χ1n) is 10.7. The number of anilines is 1. The van der Waals surface area contributed by atoms with Gasteiger partial charge in [0.2, 0.25) is 0 Å². The summed E-state index contributed by atoms with van der Waals surface area (Å²) in [5, 5.41) is 0. The minimum absolute atomic E-state index is 0.639. The molecule has 2 unspecified atom stereocenters. The highest BCUT2D eigenvalue weighted by molar-refractivity contribution is 5.46. The Hall–Kier alpha value is -1.02. The normalized spacial score (nSPS) is 19.2. The summed E-state index contributed by atoms with van der Waals surface area (Å²) in [5.41, 5.74) is 1.40. The predicted octanol–water partition coefficient (Wildman–Crippen LogP) is 6.12. The van der Waals surface area contributed by atoms with Crippen molar-refractivity contribution in [3.63, 3.8) is 0 Å². The van der Waals surface area contributed by atoms with E-state index in [0.29, 0.717) is 6.04 Å². The van der Waals surface area contributed by atoms with Crippen molar-refractivity contribution in [2.45, 2.75) is 90.1 Å². The maximum absolute atomic E-state index is 2.66. The number of hydrogen-bond donors (Lipinski definition) is 0. The summed E-state index contributed by atoms with van der Waals surface area (Å²) in [5.74, 6) is 0. The highest BCUT2D eigenvalue weighted by atomic mass is 15.2. The zero-order chi connectivity index (χ0) is 17.9. The Balaban J connectivity index is 1.83. The summed E-state index contributed by atoms with van der Waals surface area (Å²) in [6, 6.07) is 12.5. The lowest BCUT2D eigenvalue weighted by Gasteiger charge is -2.33. The van der Waals surface area contributed by atoms with Gasteiger partial charge >= 0.3 is 0 Å². The van der Waals surface area contributed by atoms with E-state index < -0.39 is 0 Å². The van der Waals surface area contributed by atoms with E-state index in [2.05, 4.69) is 61.0 Å². The second-order valence-electron chi connectivity index (χ2n) is 8.00. The van der Waals surface area contributed by atoms with Crippen molar-refractivity contribution in [1.82, 2.24) is 4.90 Å². The van der Waals surface area contributed by atoms with Crippen LogP contribution < -0.4 is 4.90 Å². The van der Waals surface area contributed by atoms with Crippen molar-refractivity contribution in [2.24, 2.45) is 0 Å². The molecule has 0 bridgehead atoms. The second-order valence-corrected chi connectivity index (χ2v) is 8.00. The molecule has 0 aromatic heterocycles. The van der Waals surface area contributed by atoms with Crippen LogP contribution >= 0.6 is 0 Å². The van der Waals surface area contributed by atoms with Gasteiger partial charge in [-0.2, -0.15) is 0 Å². The molecule has 0 aliphatic carbocycles. The van der Waals surface area contributed by atoms with E-state index in [1.807, 2.05) is 0 Å². The molecule has 1 fully saturated rings. The van der Waals surface area contributed by atoms with Gasteiger partial charge in [-0.1, -0.05) is 63.6 Å². The van der Waals surface area contributed by atoms with Crippen LogP contribution in [0.3, 0.4) is 0 Å². The molecule has 2 heteroatoms. The molecule has 0 saturated carbocycles. The van der Waals surface area contributed by atoms with Gasteiger partial charge in [-0.25, -0.2) is 0 Å².